The van der Waals surface area contributed by atoms with E-state index < -0.39 is 6.09 Å². The number of rotatable bonds is 3. The van der Waals surface area contributed by atoms with Crippen LogP contribution in [-0.4, -0.2) is 12.7 Å². The minimum Gasteiger partial charge on any atom is -0.449 e. The molecular weight excluding hydrogens is 284 g/mol. The fraction of sp³-hybridized carbons (Fsp3) is 0.333. The first-order chi connectivity index (χ1) is 8.02. The van der Waals surface area contributed by atoms with Crippen LogP contribution in [0.5, 0.6) is 0 Å². The predicted octanol–water partition coefficient (Wildman–Crippen LogP) is 3.53. The minimum atomic E-state index is -0.544. The Morgan fingerprint density at radius 2 is 2.29 bits per heavy atom. The molecule has 1 aromatic rings. The van der Waals surface area contributed by atoms with E-state index in [0.717, 1.165) is 4.47 Å². The average Bonchev–Trinajstić information content (AvgIpc) is 2.28. The van der Waals surface area contributed by atoms with Crippen molar-refractivity contribution >= 4 is 27.7 Å². The van der Waals surface area contributed by atoms with Gasteiger partial charge in [0.1, 0.15) is 6.07 Å². The topological polar surface area (TPSA) is 62.1 Å². The Morgan fingerprint density at radius 1 is 1.59 bits per heavy atom. The lowest BCUT2D eigenvalue weighted by Crippen LogP contribution is -2.17. The average molecular weight is 297 g/mol. The molecule has 0 radical (unpaired) electrons. The Morgan fingerprint density at radius 3 is 2.88 bits per heavy atom. The van der Waals surface area contributed by atoms with Gasteiger partial charge < -0.3 is 4.74 Å². The van der Waals surface area contributed by atoms with Gasteiger partial charge in [-0.25, -0.2) is 4.79 Å². The van der Waals surface area contributed by atoms with E-state index in [1.165, 1.54) is 0 Å². The molecule has 90 valence electrons. The molecule has 1 aromatic carbocycles. The van der Waals surface area contributed by atoms with Crippen LogP contribution in [0, 0.1) is 17.2 Å². The van der Waals surface area contributed by atoms with Crippen LogP contribution in [0.4, 0.5) is 10.5 Å². The van der Waals surface area contributed by atoms with Gasteiger partial charge in [-0.05, 0) is 24.1 Å². The van der Waals surface area contributed by atoms with Crippen LogP contribution in [0.2, 0.25) is 0 Å². The van der Waals surface area contributed by atoms with E-state index in [-0.39, 0.29) is 5.92 Å². The molecule has 1 N–H and O–H groups in total. The van der Waals surface area contributed by atoms with Crippen LogP contribution in [0.15, 0.2) is 22.7 Å². The lowest BCUT2D eigenvalue weighted by molar-refractivity contribution is 0.147. The molecule has 0 fully saturated rings. The first-order valence-corrected chi connectivity index (χ1v) is 5.95. The summed E-state index contributed by atoms with van der Waals surface area (Å²) >= 11 is 3.26. The van der Waals surface area contributed by atoms with E-state index in [0.29, 0.717) is 17.9 Å². The molecule has 0 unspecified atom stereocenters. The maximum Gasteiger partial charge on any atom is 0.411 e. The number of halogens is 1. The van der Waals surface area contributed by atoms with Crippen LogP contribution in [0.25, 0.3) is 0 Å². The SMILES string of the molecule is CC(C)COC(=O)Nc1ccc(Br)cc1C#N. The largest absolute Gasteiger partial charge is 0.449 e. The fourth-order valence-corrected chi connectivity index (χ4v) is 1.47. The molecule has 0 aliphatic rings. The molecule has 0 aromatic heterocycles. The summed E-state index contributed by atoms with van der Waals surface area (Å²) < 4.78 is 5.75. The van der Waals surface area contributed by atoms with Gasteiger partial charge in [-0.15, -0.1) is 0 Å². The third-order valence-electron chi connectivity index (χ3n) is 1.89. The van der Waals surface area contributed by atoms with Gasteiger partial charge in [0, 0.05) is 4.47 Å². The highest BCUT2D eigenvalue weighted by Crippen LogP contribution is 2.20. The molecule has 17 heavy (non-hydrogen) atoms. The maximum atomic E-state index is 11.4. The van der Waals surface area contributed by atoms with E-state index in [1.807, 2.05) is 19.9 Å². The Bertz CT molecular complexity index is 452. The molecule has 0 spiro atoms. The molecular formula is C12H13BrN2O2. The molecule has 0 heterocycles. The van der Waals surface area contributed by atoms with Gasteiger partial charge in [0.05, 0.1) is 17.9 Å². The zero-order valence-electron chi connectivity index (χ0n) is 9.66. The molecule has 0 atom stereocenters. The van der Waals surface area contributed by atoms with Crippen LogP contribution in [0.3, 0.4) is 0 Å². The monoisotopic (exact) mass is 296 g/mol. The Labute approximate surface area is 109 Å². The third kappa shape index (κ3) is 4.45. The van der Waals surface area contributed by atoms with Crippen molar-refractivity contribution in [1.82, 2.24) is 0 Å². The Balaban J connectivity index is 2.69. The second-order valence-corrected chi connectivity index (χ2v) is 4.83. The van der Waals surface area contributed by atoms with E-state index >= 15 is 0 Å². The first kappa shape index (κ1) is 13.5. The number of carbonyl (C=O) groups excluding carboxylic acids is 1. The van der Waals surface area contributed by atoms with Crippen molar-refractivity contribution in [2.45, 2.75) is 13.8 Å². The highest BCUT2D eigenvalue weighted by molar-refractivity contribution is 9.10. The highest BCUT2D eigenvalue weighted by Gasteiger charge is 2.08. The molecule has 0 bridgehead atoms. The van der Waals surface area contributed by atoms with E-state index in [1.54, 1.807) is 18.2 Å². The second-order valence-electron chi connectivity index (χ2n) is 3.92. The molecule has 5 heteroatoms. The van der Waals surface area contributed by atoms with Crippen LogP contribution >= 0.6 is 15.9 Å². The third-order valence-corrected chi connectivity index (χ3v) is 2.38. The van der Waals surface area contributed by atoms with E-state index in [4.69, 9.17) is 10.00 Å². The molecule has 4 nitrogen and oxygen atoms in total. The number of nitrogens with one attached hydrogen (secondary N) is 1. The lowest BCUT2D eigenvalue weighted by atomic mass is 10.2. The fourth-order valence-electron chi connectivity index (χ4n) is 1.11. The zero-order chi connectivity index (χ0) is 12.8. The second kappa shape index (κ2) is 6.26. The summed E-state index contributed by atoms with van der Waals surface area (Å²) in [7, 11) is 0. The summed E-state index contributed by atoms with van der Waals surface area (Å²) in [6.07, 6.45) is -0.544. The molecule has 0 aliphatic carbocycles. The first-order valence-electron chi connectivity index (χ1n) is 5.16. The number of ether oxygens (including phenoxy) is 1. The van der Waals surface area contributed by atoms with Crippen molar-refractivity contribution in [2.75, 3.05) is 11.9 Å². The van der Waals surface area contributed by atoms with Crippen LogP contribution in [-0.2, 0) is 4.74 Å². The van der Waals surface area contributed by atoms with Crippen LogP contribution in [0.1, 0.15) is 19.4 Å². The van der Waals surface area contributed by atoms with Gasteiger partial charge in [0.15, 0.2) is 0 Å². The number of nitrogens with zero attached hydrogens (tertiary/aromatic N) is 1. The number of benzene rings is 1. The van der Waals surface area contributed by atoms with Gasteiger partial charge in [-0.3, -0.25) is 5.32 Å². The minimum absolute atomic E-state index is 0.279. The Kier molecular flexibility index (Phi) is 4.98. The van der Waals surface area contributed by atoms with Crippen molar-refractivity contribution in [3.05, 3.63) is 28.2 Å². The Hall–Kier alpha value is -1.54. The van der Waals surface area contributed by atoms with Crippen LogP contribution < -0.4 is 5.32 Å². The van der Waals surface area contributed by atoms with Crippen molar-refractivity contribution in [2.24, 2.45) is 5.92 Å². The predicted molar refractivity (Wildman–Crippen MR) is 68.7 cm³/mol. The number of anilines is 1. The zero-order valence-corrected chi connectivity index (χ0v) is 11.2. The van der Waals surface area contributed by atoms with Crippen molar-refractivity contribution < 1.29 is 9.53 Å². The number of nitriles is 1. The van der Waals surface area contributed by atoms with Crippen molar-refractivity contribution in [3.8, 4) is 6.07 Å². The number of carbonyl (C=O) groups is 1. The molecule has 1 rings (SSSR count). The summed E-state index contributed by atoms with van der Waals surface area (Å²) in [5.41, 5.74) is 0.838. The maximum absolute atomic E-state index is 11.4. The van der Waals surface area contributed by atoms with Gasteiger partial charge in [-0.1, -0.05) is 29.8 Å². The van der Waals surface area contributed by atoms with Crippen molar-refractivity contribution in [3.63, 3.8) is 0 Å². The summed E-state index contributed by atoms with van der Waals surface area (Å²) in [4.78, 5) is 11.4. The summed E-state index contributed by atoms with van der Waals surface area (Å²) in [5, 5.41) is 11.5. The van der Waals surface area contributed by atoms with Gasteiger partial charge >= 0.3 is 6.09 Å². The normalized spacial score (nSPS) is 9.82. The molecule has 1 amide bonds. The molecule has 0 saturated heterocycles. The standard InChI is InChI=1S/C12H13BrN2O2/c1-8(2)7-17-12(16)15-11-4-3-10(13)5-9(11)6-14/h3-5,8H,7H2,1-2H3,(H,15,16). The lowest BCUT2D eigenvalue weighted by Gasteiger charge is -2.09. The summed E-state index contributed by atoms with van der Waals surface area (Å²) in [6.45, 7) is 4.26. The number of hydrogen-bond acceptors (Lipinski definition) is 3. The highest BCUT2D eigenvalue weighted by atomic mass is 79.9. The van der Waals surface area contributed by atoms with E-state index in [2.05, 4.69) is 21.2 Å². The summed E-state index contributed by atoms with van der Waals surface area (Å²) in [6, 6.07) is 7.04. The molecule has 0 aliphatic heterocycles. The molecule has 0 saturated carbocycles. The van der Waals surface area contributed by atoms with Gasteiger partial charge in [-0.2, -0.15) is 5.26 Å². The van der Waals surface area contributed by atoms with Crippen molar-refractivity contribution in [1.29, 1.82) is 5.26 Å². The smallest absolute Gasteiger partial charge is 0.411 e. The number of amides is 1. The number of hydrogen-bond donors (Lipinski definition) is 1. The van der Waals surface area contributed by atoms with Gasteiger partial charge in [0.2, 0.25) is 0 Å². The quantitative estimate of drug-likeness (QED) is 0.928. The summed E-state index contributed by atoms with van der Waals surface area (Å²) in [5.74, 6) is 0.279. The van der Waals surface area contributed by atoms with Gasteiger partial charge in [0.25, 0.3) is 0 Å². The van der Waals surface area contributed by atoms with E-state index in [9.17, 15) is 4.79 Å².